The largest absolute Gasteiger partial charge is 0.350 e. The van der Waals surface area contributed by atoms with E-state index in [4.69, 9.17) is 9.47 Å². The van der Waals surface area contributed by atoms with E-state index < -0.39 is 0 Å². The summed E-state index contributed by atoms with van der Waals surface area (Å²) in [5.74, 6) is 1.72. The van der Waals surface area contributed by atoms with E-state index in [1.54, 1.807) is 5.57 Å². The summed E-state index contributed by atoms with van der Waals surface area (Å²) in [6.07, 6.45) is 8.70. The molecular weight excluding hydrogens is 200 g/mol. The van der Waals surface area contributed by atoms with Crippen molar-refractivity contribution in [2.24, 2.45) is 11.8 Å². The maximum Gasteiger partial charge on any atom is 0.161 e. The molecule has 0 N–H and O–H groups in total. The fourth-order valence-electron chi connectivity index (χ4n) is 2.69. The van der Waals surface area contributed by atoms with Crippen LogP contribution in [0.3, 0.4) is 0 Å². The lowest BCUT2D eigenvalue weighted by molar-refractivity contribution is -0.0382. The first-order valence-electron chi connectivity index (χ1n) is 6.67. The van der Waals surface area contributed by atoms with Crippen molar-refractivity contribution in [1.82, 2.24) is 0 Å². The first-order valence-corrected chi connectivity index (χ1v) is 6.67. The molecule has 1 aliphatic carbocycles. The zero-order valence-corrected chi connectivity index (χ0v) is 10.6. The molecular formula is C14H24O2. The van der Waals surface area contributed by atoms with E-state index in [9.17, 15) is 0 Å². The molecule has 0 aromatic carbocycles. The van der Waals surface area contributed by atoms with Crippen LogP contribution in [0.15, 0.2) is 11.6 Å². The summed E-state index contributed by atoms with van der Waals surface area (Å²) in [7, 11) is 0. The smallest absolute Gasteiger partial charge is 0.161 e. The Morgan fingerprint density at radius 3 is 2.75 bits per heavy atom. The Morgan fingerprint density at radius 1 is 1.31 bits per heavy atom. The quantitative estimate of drug-likeness (QED) is 0.683. The van der Waals surface area contributed by atoms with Gasteiger partial charge in [-0.3, -0.25) is 0 Å². The molecule has 0 bridgehead atoms. The van der Waals surface area contributed by atoms with Gasteiger partial charge in [0.15, 0.2) is 6.29 Å². The topological polar surface area (TPSA) is 18.5 Å². The molecule has 0 radical (unpaired) electrons. The first-order chi connectivity index (χ1) is 7.75. The Bertz CT molecular complexity index is 239. The van der Waals surface area contributed by atoms with E-state index in [0.29, 0.717) is 0 Å². The first kappa shape index (κ1) is 12.1. The standard InChI is InChI=1S/C14H24O2/c1-11(2)13-5-3-4-12(10-13)6-7-14-15-8-9-16-14/h6,11,13-14H,3-5,7-10H2,1-2H3. The Balaban J connectivity index is 1.81. The second-order valence-corrected chi connectivity index (χ2v) is 5.37. The fraction of sp³-hybridized carbons (Fsp3) is 0.857. The molecule has 1 saturated heterocycles. The lowest BCUT2D eigenvalue weighted by Gasteiger charge is -2.27. The van der Waals surface area contributed by atoms with Gasteiger partial charge in [0.25, 0.3) is 0 Å². The predicted molar refractivity (Wildman–Crippen MR) is 65.2 cm³/mol. The van der Waals surface area contributed by atoms with E-state index in [1.807, 2.05) is 0 Å². The van der Waals surface area contributed by atoms with Crippen LogP contribution in [-0.2, 0) is 9.47 Å². The van der Waals surface area contributed by atoms with E-state index in [0.717, 1.165) is 31.5 Å². The third-order valence-corrected chi connectivity index (χ3v) is 3.83. The minimum Gasteiger partial charge on any atom is -0.350 e. The van der Waals surface area contributed by atoms with Crippen molar-refractivity contribution in [3.05, 3.63) is 11.6 Å². The Hall–Kier alpha value is -0.340. The highest BCUT2D eigenvalue weighted by Gasteiger charge is 2.20. The van der Waals surface area contributed by atoms with Gasteiger partial charge in [-0.05, 0) is 37.5 Å². The minimum absolute atomic E-state index is 0.0342. The van der Waals surface area contributed by atoms with Gasteiger partial charge in [0.05, 0.1) is 13.2 Å². The normalized spacial score (nSPS) is 30.4. The summed E-state index contributed by atoms with van der Waals surface area (Å²) < 4.78 is 10.9. The molecule has 0 spiro atoms. The number of rotatable bonds is 3. The third kappa shape index (κ3) is 3.33. The van der Waals surface area contributed by atoms with Crippen molar-refractivity contribution < 1.29 is 9.47 Å². The maximum absolute atomic E-state index is 5.45. The van der Waals surface area contributed by atoms with Gasteiger partial charge in [0.2, 0.25) is 0 Å². The van der Waals surface area contributed by atoms with Crippen LogP contribution in [-0.4, -0.2) is 19.5 Å². The van der Waals surface area contributed by atoms with Crippen molar-refractivity contribution in [3.63, 3.8) is 0 Å². The van der Waals surface area contributed by atoms with Gasteiger partial charge in [0.1, 0.15) is 0 Å². The maximum atomic E-state index is 5.45. The van der Waals surface area contributed by atoms with Crippen molar-refractivity contribution in [2.45, 2.75) is 52.2 Å². The molecule has 2 aliphatic rings. The molecule has 1 atom stereocenters. The zero-order valence-electron chi connectivity index (χ0n) is 10.6. The highest BCUT2D eigenvalue weighted by molar-refractivity contribution is 5.06. The third-order valence-electron chi connectivity index (χ3n) is 3.83. The second kappa shape index (κ2) is 5.83. The van der Waals surface area contributed by atoms with Gasteiger partial charge in [-0.25, -0.2) is 0 Å². The molecule has 1 unspecified atom stereocenters. The minimum atomic E-state index is 0.0342. The van der Waals surface area contributed by atoms with Crippen LogP contribution < -0.4 is 0 Å². The van der Waals surface area contributed by atoms with Crippen LogP contribution >= 0.6 is 0 Å². The zero-order chi connectivity index (χ0) is 11.4. The molecule has 1 heterocycles. The van der Waals surface area contributed by atoms with Crippen LogP contribution in [0.2, 0.25) is 0 Å². The number of hydrogen-bond donors (Lipinski definition) is 0. The van der Waals surface area contributed by atoms with Gasteiger partial charge in [-0.1, -0.05) is 25.5 Å². The van der Waals surface area contributed by atoms with Crippen LogP contribution in [0.1, 0.15) is 46.0 Å². The van der Waals surface area contributed by atoms with Crippen molar-refractivity contribution in [2.75, 3.05) is 13.2 Å². The Morgan fingerprint density at radius 2 is 2.06 bits per heavy atom. The SMILES string of the molecule is CC(C)C1CCCC(=CCC2OCCO2)C1. The van der Waals surface area contributed by atoms with Crippen molar-refractivity contribution in [3.8, 4) is 0 Å². The Labute approximate surface area is 99.0 Å². The Kier molecular flexibility index (Phi) is 4.42. The number of allylic oxidation sites excluding steroid dienone is 1. The summed E-state index contributed by atoms with van der Waals surface area (Å²) in [6.45, 7) is 6.22. The summed E-state index contributed by atoms with van der Waals surface area (Å²) in [6, 6.07) is 0. The van der Waals surface area contributed by atoms with Gasteiger partial charge < -0.3 is 9.47 Å². The molecule has 2 heteroatoms. The van der Waals surface area contributed by atoms with Gasteiger partial charge in [0, 0.05) is 6.42 Å². The average Bonchev–Trinajstić information content (AvgIpc) is 2.79. The van der Waals surface area contributed by atoms with E-state index >= 15 is 0 Å². The van der Waals surface area contributed by atoms with E-state index in [2.05, 4.69) is 19.9 Å². The summed E-state index contributed by atoms with van der Waals surface area (Å²) in [5, 5.41) is 0. The molecule has 1 saturated carbocycles. The number of hydrogen-bond acceptors (Lipinski definition) is 2. The fourth-order valence-corrected chi connectivity index (χ4v) is 2.69. The molecule has 0 aromatic heterocycles. The molecule has 92 valence electrons. The monoisotopic (exact) mass is 224 g/mol. The summed E-state index contributed by atoms with van der Waals surface area (Å²) in [5.41, 5.74) is 1.63. The molecule has 0 amide bonds. The van der Waals surface area contributed by atoms with Gasteiger partial charge >= 0.3 is 0 Å². The molecule has 1 aliphatic heterocycles. The van der Waals surface area contributed by atoms with Crippen LogP contribution in [0.25, 0.3) is 0 Å². The molecule has 16 heavy (non-hydrogen) atoms. The van der Waals surface area contributed by atoms with Gasteiger partial charge in [-0.15, -0.1) is 0 Å². The summed E-state index contributed by atoms with van der Waals surface area (Å²) >= 11 is 0. The van der Waals surface area contributed by atoms with E-state index in [1.165, 1.54) is 25.7 Å². The summed E-state index contributed by atoms with van der Waals surface area (Å²) in [4.78, 5) is 0. The van der Waals surface area contributed by atoms with Crippen LogP contribution in [0, 0.1) is 11.8 Å². The lowest BCUT2D eigenvalue weighted by atomic mass is 9.79. The highest BCUT2D eigenvalue weighted by atomic mass is 16.7. The molecule has 2 nitrogen and oxygen atoms in total. The van der Waals surface area contributed by atoms with Crippen molar-refractivity contribution >= 4 is 0 Å². The molecule has 2 fully saturated rings. The van der Waals surface area contributed by atoms with Crippen LogP contribution in [0.4, 0.5) is 0 Å². The van der Waals surface area contributed by atoms with Gasteiger partial charge in [-0.2, -0.15) is 0 Å². The number of ether oxygens (including phenoxy) is 2. The lowest BCUT2D eigenvalue weighted by Crippen LogP contribution is -2.15. The second-order valence-electron chi connectivity index (χ2n) is 5.37. The van der Waals surface area contributed by atoms with Crippen molar-refractivity contribution in [1.29, 1.82) is 0 Å². The molecule has 0 aromatic rings. The van der Waals surface area contributed by atoms with Crippen LogP contribution in [0.5, 0.6) is 0 Å². The molecule has 2 rings (SSSR count). The predicted octanol–water partition coefficient (Wildman–Crippen LogP) is 3.52. The average molecular weight is 224 g/mol. The van der Waals surface area contributed by atoms with E-state index in [-0.39, 0.29) is 6.29 Å². The highest BCUT2D eigenvalue weighted by Crippen LogP contribution is 2.33.